The lowest BCUT2D eigenvalue weighted by Crippen LogP contribution is -2.09. The maximum atomic E-state index is 3.48. The van der Waals surface area contributed by atoms with Crippen molar-refractivity contribution in [2.45, 2.75) is 6.42 Å². The van der Waals surface area contributed by atoms with E-state index in [0.29, 0.717) is 0 Å². The van der Waals surface area contributed by atoms with Crippen molar-refractivity contribution in [3.8, 4) is 55.6 Å². The number of nitrogens with zero attached hydrogens (tertiary/aromatic N) is 1. The summed E-state index contributed by atoms with van der Waals surface area (Å²) >= 11 is 0. The lowest BCUT2D eigenvalue weighted by molar-refractivity contribution is 1.28. The van der Waals surface area contributed by atoms with Crippen LogP contribution in [0, 0.1) is 0 Å². The van der Waals surface area contributed by atoms with Gasteiger partial charge in [-0.25, -0.2) is 0 Å². The summed E-state index contributed by atoms with van der Waals surface area (Å²) in [4.78, 5) is 2.34. The minimum absolute atomic E-state index is 0.917. The van der Waals surface area contributed by atoms with Crippen LogP contribution in [0.15, 0.2) is 262 Å². The summed E-state index contributed by atoms with van der Waals surface area (Å²) in [6.45, 7) is 6.96. The molecule has 0 amide bonds. The van der Waals surface area contributed by atoms with Crippen molar-refractivity contribution < 1.29 is 0 Å². The van der Waals surface area contributed by atoms with Gasteiger partial charge in [0, 0.05) is 17.1 Å². The van der Waals surface area contributed by atoms with Gasteiger partial charge < -0.3 is 4.90 Å². The molecule has 0 N–H and O–H groups in total. The fraction of sp³-hybridized carbons (Fsp3) is 0.0164. The average Bonchev–Trinajstić information content (AvgIpc) is 3.35. The van der Waals surface area contributed by atoms with Gasteiger partial charge in [0.1, 0.15) is 0 Å². The number of rotatable bonds is 10. The Bertz CT molecular complexity index is 2890. The van der Waals surface area contributed by atoms with Gasteiger partial charge in [-0.2, -0.15) is 0 Å². The Morgan fingerprint density at radius 2 is 0.565 bits per heavy atom. The molecule has 0 aliphatic carbocycles. The SMILES string of the molecule is C=CCC=C.c1ccc(-c2ccc(N(c3ccc(-c4ccc(-c5cccc6ccccc56)cc4)cc3)c3ccc(-c4ccc(-c5cccc6ccccc56)cc4)cc3)cc2)cc1. The van der Waals surface area contributed by atoms with Crippen LogP contribution in [0.4, 0.5) is 17.1 Å². The number of hydrogen-bond donors (Lipinski definition) is 0. The average molecular weight is 794 g/mol. The molecule has 1 nitrogen and oxygen atoms in total. The molecule has 10 aromatic rings. The van der Waals surface area contributed by atoms with E-state index < -0.39 is 0 Å². The number of anilines is 3. The van der Waals surface area contributed by atoms with Crippen molar-refractivity contribution in [2.24, 2.45) is 0 Å². The first-order chi connectivity index (χ1) is 30.7. The maximum absolute atomic E-state index is 3.48. The van der Waals surface area contributed by atoms with E-state index in [1.807, 2.05) is 12.2 Å². The molecule has 0 fully saturated rings. The van der Waals surface area contributed by atoms with Crippen LogP contribution in [0.1, 0.15) is 6.42 Å². The molecule has 0 atom stereocenters. The topological polar surface area (TPSA) is 3.24 Å². The molecule has 62 heavy (non-hydrogen) atoms. The number of benzene rings is 10. The van der Waals surface area contributed by atoms with Gasteiger partial charge in [0.2, 0.25) is 0 Å². The van der Waals surface area contributed by atoms with Crippen molar-refractivity contribution in [3.63, 3.8) is 0 Å². The summed E-state index contributed by atoms with van der Waals surface area (Å²) < 4.78 is 0. The van der Waals surface area contributed by atoms with E-state index in [0.717, 1.165) is 23.5 Å². The van der Waals surface area contributed by atoms with Gasteiger partial charge in [-0.1, -0.05) is 212 Å². The molecule has 0 saturated carbocycles. The highest BCUT2D eigenvalue weighted by atomic mass is 15.1. The largest absolute Gasteiger partial charge is 0.311 e. The van der Waals surface area contributed by atoms with Gasteiger partial charge in [0.05, 0.1) is 0 Å². The second-order valence-electron chi connectivity index (χ2n) is 15.4. The van der Waals surface area contributed by atoms with Gasteiger partial charge in [-0.3, -0.25) is 0 Å². The van der Waals surface area contributed by atoms with E-state index in [9.17, 15) is 0 Å². The highest BCUT2D eigenvalue weighted by molar-refractivity contribution is 5.98. The maximum Gasteiger partial charge on any atom is 0.0462 e. The van der Waals surface area contributed by atoms with Crippen LogP contribution in [0.2, 0.25) is 0 Å². The zero-order valence-corrected chi connectivity index (χ0v) is 34.7. The molecule has 0 aromatic heterocycles. The molecule has 10 aromatic carbocycles. The van der Waals surface area contributed by atoms with Crippen LogP contribution >= 0.6 is 0 Å². The molecule has 0 radical (unpaired) electrons. The van der Waals surface area contributed by atoms with Crippen molar-refractivity contribution in [1.82, 2.24) is 0 Å². The second-order valence-corrected chi connectivity index (χ2v) is 15.4. The molecular formula is C61H47N. The number of fused-ring (bicyclic) bond motifs is 2. The summed E-state index contributed by atoms with van der Waals surface area (Å²) in [5.41, 5.74) is 15.4. The summed E-state index contributed by atoms with van der Waals surface area (Å²) in [6.07, 6.45) is 4.54. The minimum Gasteiger partial charge on any atom is -0.311 e. The Labute approximate surface area is 365 Å². The van der Waals surface area contributed by atoms with Crippen molar-refractivity contribution >= 4 is 38.6 Å². The highest BCUT2D eigenvalue weighted by Crippen LogP contribution is 2.39. The van der Waals surface area contributed by atoms with E-state index in [1.165, 1.54) is 77.2 Å². The fourth-order valence-corrected chi connectivity index (χ4v) is 8.24. The fourth-order valence-electron chi connectivity index (χ4n) is 8.24. The molecule has 0 aliphatic heterocycles. The van der Waals surface area contributed by atoms with E-state index in [1.54, 1.807) is 0 Å². The summed E-state index contributed by atoms with van der Waals surface area (Å²) in [5.74, 6) is 0. The first kappa shape index (κ1) is 39.5. The zero-order chi connectivity index (χ0) is 42.1. The number of allylic oxidation sites excluding steroid dienone is 2. The third kappa shape index (κ3) is 8.52. The Kier molecular flexibility index (Phi) is 11.8. The third-order valence-corrected chi connectivity index (χ3v) is 11.5. The van der Waals surface area contributed by atoms with Gasteiger partial charge in [-0.05, 0) is 120 Å². The smallest absolute Gasteiger partial charge is 0.0462 e. The van der Waals surface area contributed by atoms with E-state index in [2.05, 4.69) is 255 Å². The molecule has 10 rings (SSSR count). The standard InChI is InChI=1S/C56H39N.C5H8/c1-2-10-40(11-3-1)43-28-34-50(35-29-43)57(51-36-30-44(31-37-51)41-20-24-48(25-21-41)55-18-8-14-46-12-4-6-16-53(46)55)52-38-32-45(33-39-52)42-22-26-49(27-23-42)56-19-9-15-47-13-5-7-17-54(47)56;1-3-5-4-2/h1-39H;3-4H,1-2,5H2. The molecule has 296 valence electrons. The Morgan fingerprint density at radius 1 is 0.274 bits per heavy atom. The predicted molar refractivity (Wildman–Crippen MR) is 268 cm³/mol. The zero-order valence-electron chi connectivity index (χ0n) is 34.7. The Morgan fingerprint density at radius 3 is 0.919 bits per heavy atom. The Hall–Kier alpha value is -8.00. The lowest BCUT2D eigenvalue weighted by Gasteiger charge is -2.26. The monoisotopic (exact) mass is 793 g/mol. The molecular weight excluding hydrogens is 747 g/mol. The Balaban J connectivity index is 0.000000929. The van der Waals surface area contributed by atoms with Gasteiger partial charge >= 0.3 is 0 Å². The van der Waals surface area contributed by atoms with E-state index in [-0.39, 0.29) is 0 Å². The van der Waals surface area contributed by atoms with Gasteiger partial charge in [0.25, 0.3) is 0 Å². The molecule has 0 aliphatic rings. The normalized spacial score (nSPS) is 10.8. The number of hydrogen-bond acceptors (Lipinski definition) is 1. The van der Waals surface area contributed by atoms with Crippen molar-refractivity contribution in [2.75, 3.05) is 4.90 Å². The molecule has 0 unspecified atom stereocenters. The second kappa shape index (κ2) is 18.5. The first-order valence-electron chi connectivity index (χ1n) is 21.2. The predicted octanol–water partition coefficient (Wildman–Crippen LogP) is 17.5. The molecule has 0 heterocycles. The third-order valence-electron chi connectivity index (χ3n) is 11.5. The van der Waals surface area contributed by atoms with Crippen molar-refractivity contribution in [1.29, 1.82) is 0 Å². The van der Waals surface area contributed by atoms with Gasteiger partial charge in [0.15, 0.2) is 0 Å². The summed E-state index contributed by atoms with van der Waals surface area (Å²) in [7, 11) is 0. The summed E-state index contributed by atoms with van der Waals surface area (Å²) in [5, 5.41) is 5.07. The van der Waals surface area contributed by atoms with Crippen LogP contribution in [0.5, 0.6) is 0 Å². The quantitative estimate of drug-likeness (QED) is 0.125. The van der Waals surface area contributed by atoms with Crippen molar-refractivity contribution in [3.05, 3.63) is 262 Å². The molecule has 0 bridgehead atoms. The highest BCUT2D eigenvalue weighted by Gasteiger charge is 2.15. The minimum atomic E-state index is 0.917. The van der Waals surface area contributed by atoms with Crippen LogP contribution in [-0.4, -0.2) is 0 Å². The van der Waals surface area contributed by atoms with Crippen LogP contribution in [0.3, 0.4) is 0 Å². The van der Waals surface area contributed by atoms with Crippen LogP contribution in [0.25, 0.3) is 77.2 Å². The van der Waals surface area contributed by atoms with Gasteiger partial charge in [-0.15, -0.1) is 13.2 Å². The van der Waals surface area contributed by atoms with Crippen LogP contribution < -0.4 is 4.90 Å². The molecule has 1 heteroatoms. The van der Waals surface area contributed by atoms with Crippen LogP contribution in [-0.2, 0) is 0 Å². The first-order valence-corrected chi connectivity index (χ1v) is 21.2. The summed E-state index contributed by atoms with van der Waals surface area (Å²) in [6, 6.07) is 85.5. The lowest BCUT2D eigenvalue weighted by atomic mass is 9.96. The molecule has 0 saturated heterocycles. The van der Waals surface area contributed by atoms with E-state index in [4.69, 9.17) is 0 Å². The van der Waals surface area contributed by atoms with E-state index >= 15 is 0 Å². The molecule has 0 spiro atoms.